The predicted molar refractivity (Wildman–Crippen MR) is 73.7 cm³/mol. The second-order valence-electron chi connectivity index (χ2n) is 4.28. The maximum Gasteiger partial charge on any atom is 0.240 e. The number of halogens is 1. The molecule has 1 atom stereocenters. The van der Waals surface area contributed by atoms with Crippen LogP contribution in [-0.2, 0) is 6.54 Å². The van der Waals surface area contributed by atoms with E-state index in [1.807, 2.05) is 0 Å². The first-order valence-corrected chi connectivity index (χ1v) is 6.57. The fourth-order valence-corrected chi connectivity index (χ4v) is 1.67. The molecule has 2 rings (SSSR count). The van der Waals surface area contributed by atoms with E-state index < -0.39 is 6.10 Å². The van der Waals surface area contributed by atoms with Crippen molar-refractivity contribution in [3.05, 3.63) is 41.0 Å². The van der Waals surface area contributed by atoms with Crippen molar-refractivity contribution in [2.75, 3.05) is 13.2 Å². The number of benzene rings is 1. The number of nitrogens with one attached hydrogen (secondary N) is 1. The number of hydrogen-bond donors (Lipinski definition) is 2. The van der Waals surface area contributed by atoms with Gasteiger partial charge >= 0.3 is 0 Å². The number of rotatable bonds is 7. The van der Waals surface area contributed by atoms with Crippen molar-refractivity contribution in [3.8, 4) is 5.75 Å². The molecular formula is C13H16ClN3O3. The summed E-state index contributed by atoms with van der Waals surface area (Å²) in [5, 5.41) is 17.1. The summed E-state index contributed by atoms with van der Waals surface area (Å²) in [6, 6.07) is 6.98. The van der Waals surface area contributed by atoms with Crippen molar-refractivity contribution in [3.63, 3.8) is 0 Å². The van der Waals surface area contributed by atoms with Gasteiger partial charge in [0.05, 0.1) is 6.54 Å². The normalized spacial score (nSPS) is 12.3. The first-order valence-electron chi connectivity index (χ1n) is 6.20. The minimum absolute atomic E-state index is 0.192. The van der Waals surface area contributed by atoms with Crippen LogP contribution in [0.5, 0.6) is 5.75 Å². The van der Waals surface area contributed by atoms with E-state index in [1.165, 1.54) is 0 Å². The minimum Gasteiger partial charge on any atom is -0.491 e. The highest BCUT2D eigenvalue weighted by Crippen LogP contribution is 2.15. The summed E-state index contributed by atoms with van der Waals surface area (Å²) in [6.07, 6.45) is -0.630. The van der Waals surface area contributed by atoms with Crippen LogP contribution in [0.15, 0.2) is 28.8 Å². The van der Waals surface area contributed by atoms with Gasteiger partial charge in [0.1, 0.15) is 18.5 Å². The fourth-order valence-electron chi connectivity index (χ4n) is 1.54. The van der Waals surface area contributed by atoms with Crippen LogP contribution in [0.4, 0.5) is 0 Å². The van der Waals surface area contributed by atoms with E-state index >= 15 is 0 Å². The van der Waals surface area contributed by atoms with Crippen LogP contribution in [0.1, 0.15) is 11.7 Å². The van der Waals surface area contributed by atoms with E-state index in [1.54, 1.807) is 31.2 Å². The second-order valence-corrected chi connectivity index (χ2v) is 4.72. The summed E-state index contributed by atoms with van der Waals surface area (Å²) in [6.45, 7) is 2.73. The Morgan fingerprint density at radius 3 is 2.80 bits per heavy atom. The lowest BCUT2D eigenvalue weighted by Gasteiger charge is -2.12. The molecule has 0 aliphatic carbocycles. The highest BCUT2D eigenvalue weighted by Gasteiger charge is 2.07. The summed E-state index contributed by atoms with van der Waals surface area (Å²) >= 11 is 5.77. The molecule has 0 aliphatic heterocycles. The van der Waals surface area contributed by atoms with Crippen LogP contribution >= 0.6 is 11.6 Å². The molecule has 1 heterocycles. The zero-order valence-electron chi connectivity index (χ0n) is 11.0. The molecule has 0 saturated heterocycles. The average Bonchev–Trinajstić information content (AvgIpc) is 2.84. The standard InChI is InChI=1S/C13H16ClN3O3/c1-9-16-13(20-17-9)7-15-6-11(18)8-19-12-4-2-10(14)3-5-12/h2-5,11,15,18H,6-8H2,1H3. The number of aromatic nitrogens is 2. The first-order chi connectivity index (χ1) is 9.63. The Morgan fingerprint density at radius 2 is 2.15 bits per heavy atom. The Hall–Kier alpha value is -1.63. The third-order valence-corrected chi connectivity index (χ3v) is 2.73. The third-order valence-electron chi connectivity index (χ3n) is 2.48. The summed E-state index contributed by atoms with van der Waals surface area (Å²) in [5.74, 6) is 1.75. The first kappa shape index (κ1) is 14.8. The molecule has 0 aliphatic rings. The smallest absolute Gasteiger partial charge is 0.240 e. The fraction of sp³-hybridized carbons (Fsp3) is 0.385. The molecule has 108 valence electrons. The van der Waals surface area contributed by atoms with Crippen molar-refractivity contribution >= 4 is 11.6 Å². The van der Waals surface area contributed by atoms with E-state index in [2.05, 4.69) is 15.5 Å². The van der Waals surface area contributed by atoms with Crippen LogP contribution < -0.4 is 10.1 Å². The quantitative estimate of drug-likeness (QED) is 0.807. The van der Waals surface area contributed by atoms with Crippen LogP contribution in [0.25, 0.3) is 0 Å². The number of nitrogens with zero attached hydrogens (tertiary/aromatic N) is 2. The molecule has 2 aromatic rings. The van der Waals surface area contributed by atoms with E-state index in [0.717, 1.165) is 0 Å². The molecule has 20 heavy (non-hydrogen) atoms. The molecule has 6 nitrogen and oxygen atoms in total. The molecule has 1 aromatic carbocycles. The van der Waals surface area contributed by atoms with Gasteiger partial charge in [-0.25, -0.2) is 0 Å². The molecule has 1 aromatic heterocycles. The van der Waals surface area contributed by atoms with Crippen molar-refractivity contribution in [2.45, 2.75) is 19.6 Å². The summed E-state index contributed by atoms with van der Waals surface area (Å²) in [7, 11) is 0. The van der Waals surface area contributed by atoms with Crippen molar-refractivity contribution in [1.82, 2.24) is 15.5 Å². The molecule has 0 radical (unpaired) electrons. The molecule has 2 N–H and O–H groups in total. The van der Waals surface area contributed by atoms with E-state index in [0.29, 0.717) is 35.6 Å². The monoisotopic (exact) mass is 297 g/mol. The maximum absolute atomic E-state index is 9.77. The highest BCUT2D eigenvalue weighted by molar-refractivity contribution is 6.30. The van der Waals surface area contributed by atoms with Gasteiger partial charge in [-0.05, 0) is 31.2 Å². The topological polar surface area (TPSA) is 80.4 Å². The molecule has 7 heteroatoms. The Bertz CT molecular complexity index is 530. The Kier molecular flexibility index (Phi) is 5.34. The van der Waals surface area contributed by atoms with Gasteiger partial charge < -0.3 is 19.7 Å². The van der Waals surface area contributed by atoms with E-state index in [-0.39, 0.29) is 6.61 Å². The molecule has 0 fully saturated rings. The van der Waals surface area contributed by atoms with Gasteiger partial charge in [0, 0.05) is 11.6 Å². The predicted octanol–water partition coefficient (Wildman–Crippen LogP) is 1.56. The van der Waals surface area contributed by atoms with E-state index in [9.17, 15) is 5.11 Å². The van der Waals surface area contributed by atoms with Crippen molar-refractivity contribution in [2.24, 2.45) is 0 Å². The lowest BCUT2D eigenvalue weighted by molar-refractivity contribution is 0.105. The van der Waals surface area contributed by atoms with E-state index in [4.69, 9.17) is 20.9 Å². The zero-order chi connectivity index (χ0) is 14.4. The number of ether oxygens (including phenoxy) is 1. The Labute approximate surface area is 121 Å². The van der Waals surface area contributed by atoms with Crippen LogP contribution in [0, 0.1) is 6.92 Å². The minimum atomic E-state index is -0.630. The van der Waals surface area contributed by atoms with Crippen LogP contribution in [-0.4, -0.2) is 34.5 Å². The molecule has 0 bridgehead atoms. The number of hydrogen-bond acceptors (Lipinski definition) is 6. The second kappa shape index (κ2) is 7.23. The summed E-state index contributed by atoms with van der Waals surface area (Å²) in [4.78, 5) is 4.04. The maximum atomic E-state index is 9.77. The largest absolute Gasteiger partial charge is 0.491 e. The van der Waals surface area contributed by atoms with Crippen LogP contribution in [0.2, 0.25) is 5.02 Å². The van der Waals surface area contributed by atoms with Crippen molar-refractivity contribution in [1.29, 1.82) is 0 Å². The molecule has 0 spiro atoms. The molecule has 1 unspecified atom stereocenters. The average molecular weight is 298 g/mol. The van der Waals surface area contributed by atoms with Gasteiger partial charge in [-0.3, -0.25) is 0 Å². The lowest BCUT2D eigenvalue weighted by atomic mass is 10.3. The highest BCUT2D eigenvalue weighted by atomic mass is 35.5. The van der Waals surface area contributed by atoms with Gasteiger partial charge in [0.25, 0.3) is 0 Å². The number of aliphatic hydroxyl groups excluding tert-OH is 1. The molecule has 0 amide bonds. The number of aliphatic hydroxyl groups is 1. The Morgan fingerprint density at radius 1 is 1.40 bits per heavy atom. The zero-order valence-corrected chi connectivity index (χ0v) is 11.8. The van der Waals surface area contributed by atoms with Gasteiger partial charge in [-0.2, -0.15) is 4.98 Å². The lowest BCUT2D eigenvalue weighted by Crippen LogP contribution is -2.31. The summed E-state index contributed by atoms with van der Waals surface area (Å²) < 4.78 is 10.4. The summed E-state index contributed by atoms with van der Waals surface area (Å²) in [5.41, 5.74) is 0. The van der Waals surface area contributed by atoms with Crippen molar-refractivity contribution < 1.29 is 14.4 Å². The Balaban J connectivity index is 1.65. The van der Waals surface area contributed by atoms with Crippen LogP contribution in [0.3, 0.4) is 0 Å². The number of aryl methyl sites for hydroxylation is 1. The van der Waals surface area contributed by atoms with Gasteiger partial charge in [0.2, 0.25) is 5.89 Å². The van der Waals surface area contributed by atoms with Gasteiger partial charge in [-0.15, -0.1) is 0 Å². The van der Waals surface area contributed by atoms with Gasteiger partial charge in [-0.1, -0.05) is 16.8 Å². The SMILES string of the molecule is Cc1noc(CNCC(O)COc2ccc(Cl)cc2)n1. The molecular weight excluding hydrogens is 282 g/mol. The molecule has 0 saturated carbocycles. The van der Waals surface area contributed by atoms with Gasteiger partial charge in [0.15, 0.2) is 5.82 Å². The third kappa shape index (κ3) is 4.80.